The molecule has 134 valence electrons. The number of amides is 1. The average Bonchev–Trinajstić information content (AvgIpc) is 2.97. The maximum absolute atomic E-state index is 13.3. The molecule has 0 saturated heterocycles. The highest BCUT2D eigenvalue weighted by atomic mass is 79.9. The molecule has 0 unspecified atom stereocenters. The molecule has 0 aliphatic carbocycles. The molecule has 0 fully saturated rings. The summed E-state index contributed by atoms with van der Waals surface area (Å²) in [6, 6.07) is 19.5. The van der Waals surface area contributed by atoms with Crippen LogP contribution in [0.1, 0.15) is 16.7 Å². The first kappa shape index (κ1) is 17.5. The lowest BCUT2D eigenvalue weighted by Crippen LogP contribution is -2.03. The highest BCUT2D eigenvalue weighted by molar-refractivity contribution is 9.10. The Hall–Kier alpha value is -2.92. The van der Waals surface area contributed by atoms with Crippen LogP contribution in [0.25, 0.3) is 11.6 Å². The van der Waals surface area contributed by atoms with E-state index in [0.29, 0.717) is 11.3 Å². The van der Waals surface area contributed by atoms with E-state index in [0.717, 1.165) is 26.9 Å². The fourth-order valence-corrected chi connectivity index (χ4v) is 3.47. The van der Waals surface area contributed by atoms with E-state index in [9.17, 15) is 9.18 Å². The summed E-state index contributed by atoms with van der Waals surface area (Å²) in [5, 5.41) is 2.86. The molecule has 5 heteroatoms. The van der Waals surface area contributed by atoms with Crippen LogP contribution in [0.2, 0.25) is 0 Å². The van der Waals surface area contributed by atoms with Crippen molar-refractivity contribution in [2.75, 3.05) is 5.32 Å². The first-order chi connectivity index (χ1) is 13.1. The molecular formula is C22H15BrFNO2. The fraction of sp³-hybridized carbons (Fsp3) is 0.0455. The van der Waals surface area contributed by atoms with Gasteiger partial charge in [-0.3, -0.25) is 4.79 Å². The van der Waals surface area contributed by atoms with Crippen molar-refractivity contribution in [1.82, 2.24) is 0 Å². The average molecular weight is 424 g/mol. The van der Waals surface area contributed by atoms with Gasteiger partial charge in [0.25, 0.3) is 5.91 Å². The van der Waals surface area contributed by atoms with Gasteiger partial charge in [0, 0.05) is 16.8 Å². The first-order valence-electron chi connectivity index (χ1n) is 8.39. The molecule has 4 rings (SSSR count). The maximum Gasteiger partial charge on any atom is 0.256 e. The summed E-state index contributed by atoms with van der Waals surface area (Å²) in [6.45, 7) is 0.270. The van der Waals surface area contributed by atoms with Gasteiger partial charge < -0.3 is 10.1 Å². The minimum Gasteiger partial charge on any atom is -0.488 e. The largest absolute Gasteiger partial charge is 0.488 e. The third-order valence-corrected chi connectivity index (χ3v) is 4.88. The van der Waals surface area contributed by atoms with Gasteiger partial charge in [-0.05, 0) is 63.5 Å². The lowest BCUT2D eigenvalue weighted by molar-refractivity contribution is -0.110. The van der Waals surface area contributed by atoms with Gasteiger partial charge in [-0.25, -0.2) is 4.39 Å². The molecule has 1 aliphatic heterocycles. The molecule has 0 aromatic heterocycles. The van der Waals surface area contributed by atoms with E-state index < -0.39 is 0 Å². The molecule has 1 amide bonds. The van der Waals surface area contributed by atoms with E-state index in [1.807, 2.05) is 54.6 Å². The van der Waals surface area contributed by atoms with Crippen LogP contribution in [0.15, 0.2) is 71.2 Å². The molecule has 3 nitrogen and oxygen atoms in total. The van der Waals surface area contributed by atoms with Gasteiger partial charge in [0.2, 0.25) is 0 Å². The lowest BCUT2D eigenvalue weighted by atomic mass is 10.0. The van der Waals surface area contributed by atoms with Crippen molar-refractivity contribution >= 4 is 39.2 Å². The fourth-order valence-electron chi connectivity index (χ4n) is 2.96. The number of benzene rings is 3. The number of hydrogen-bond donors (Lipinski definition) is 1. The summed E-state index contributed by atoms with van der Waals surface area (Å²) < 4.78 is 19.8. The quantitative estimate of drug-likeness (QED) is 0.549. The van der Waals surface area contributed by atoms with Crippen LogP contribution >= 0.6 is 15.9 Å². The first-order valence-corrected chi connectivity index (χ1v) is 9.19. The molecule has 0 saturated carbocycles. The number of anilines is 1. The summed E-state index contributed by atoms with van der Waals surface area (Å²) in [4.78, 5) is 12.2. The number of halogens is 2. The predicted octanol–water partition coefficient (Wildman–Crippen LogP) is 5.66. The highest BCUT2D eigenvalue weighted by Gasteiger charge is 2.23. The summed E-state index contributed by atoms with van der Waals surface area (Å²) in [6.07, 6.45) is 1.85. The third-order valence-electron chi connectivity index (χ3n) is 4.26. The smallest absolute Gasteiger partial charge is 0.256 e. The van der Waals surface area contributed by atoms with E-state index in [2.05, 4.69) is 21.2 Å². The Labute approximate surface area is 164 Å². The van der Waals surface area contributed by atoms with Crippen LogP contribution in [0.5, 0.6) is 5.75 Å². The molecule has 3 aromatic carbocycles. The topological polar surface area (TPSA) is 38.3 Å². The van der Waals surface area contributed by atoms with Crippen LogP contribution < -0.4 is 10.1 Å². The zero-order chi connectivity index (χ0) is 18.8. The zero-order valence-electron chi connectivity index (χ0n) is 14.2. The minimum atomic E-state index is -0.285. The normalized spacial score (nSPS) is 14.1. The van der Waals surface area contributed by atoms with Crippen molar-refractivity contribution in [2.24, 2.45) is 0 Å². The van der Waals surface area contributed by atoms with E-state index in [1.165, 1.54) is 12.1 Å². The number of nitrogens with one attached hydrogen (secondary N) is 1. The van der Waals surface area contributed by atoms with E-state index in [-0.39, 0.29) is 18.3 Å². The number of carbonyl (C=O) groups excluding carboxylic acids is 1. The molecule has 1 aliphatic rings. The minimum absolute atomic E-state index is 0.112. The van der Waals surface area contributed by atoms with Crippen LogP contribution in [0.4, 0.5) is 10.1 Å². The molecule has 27 heavy (non-hydrogen) atoms. The second kappa shape index (κ2) is 7.37. The number of rotatable bonds is 4. The lowest BCUT2D eigenvalue weighted by Gasteiger charge is -2.09. The second-order valence-corrected chi connectivity index (χ2v) is 7.02. The number of hydrogen-bond acceptors (Lipinski definition) is 2. The van der Waals surface area contributed by atoms with Crippen molar-refractivity contribution in [1.29, 1.82) is 0 Å². The van der Waals surface area contributed by atoms with Gasteiger partial charge >= 0.3 is 0 Å². The van der Waals surface area contributed by atoms with Crippen LogP contribution in [-0.4, -0.2) is 5.91 Å². The number of para-hydroxylation sites is 1. The van der Waals surface area contributed by atoms with Crippen LogP contribution in [-0.2, 0) is 11.4 Å². The van der Waals surface area contributed by atoms with Crippen molar-refractivity contribution in [3.8, 4) is 5.75 Å². The van der Waals surface area contributed by atoms with Crippen molar-refractivity contribution in [3.05, 3.63) is 93.7 Å². The Kier molecular flexibility index (Phi) is 4.77. The molecule has 0 bridgehead atoms. The monoisotopic (exact) mass is 423 g/mol. The molecular weight excluding hydrogens is 409 g/mol. The molecule has 0 radical (unpaired) electrons. The Bertz CT molecular complexity index is 1060. The molecule has 1 N–H and O–H groups in total. The summed E-state index contributed by atoms with van der Waals surface area (Å²) in [5.41, 5.74) is 3.98. The number of ether oxygens (including phenoxy) is 1. The van der Waals surface area contributed by atoms with Gasteiger partial charge in [0.1, 0.15) is 18.2 Å². The van der Waals surface area contributed by atoms with Gasteiger partial charge in [-0.15, -0.1) is 0 Å². The van der Waals surface area contributed by atoms with Gasteiger partial charge in [0.15, 0.2) is 0 Å². The molecule has 1 heterocycles. The van der Waals surface area contributed by atoms with Crippen LogP contribution in [0.3, 0.4) is 0 Å². The van der Waals surface area contributed by atoms with Gasteiger partial charge in [-0.1, -0.05) is 36.4 Å². The maximum atomic E-state index is 13.3. The third kappa shape index (κ3) is 3.78. The van der Waals surface area contributed by atoms with Crippen molar-refractivity contribution < 1.29 is 13.9 Å². The van der Waals surface area contributed by atoms with E-state index in [1.54, 1.807) is 6.07 Å². The summed E-state index contributed by atoms with van der Waals surface area (Å²) in [7, 11) is 0. The predicted molar refractivity (Wildman–Crippen MR) is 108 cm³/mol. The molecule has 3 aromatic rings. The van der Waals surface area contributed by atoms with Gasteiger partial charge in [0.05, 0.1) is 4.47 Å². The highest BCUT2D eigenvalue weighted by Crippen LogP contribution is 2.34. The Morgan fingerprint density at radius 3 is 2.70 bits per heavy atom. The number of carbonyl (C=O) groups is 1. The second-order valence-electron chi connectivity index (χ2n) is 6.17. The van der Waals surface area contributed by atoms with Crippen molar-refractivity contribution in [3.63, 3.8) is 0 Å². The zero-order valence-corrected chi connectivity index (χ0v) is 15.8. The Balaban J connectivity index is 1.55. The molecule has 0 spiro atoms. The van der Waals surface area contributed by atoms with E-state index >= 15 is 0 Å². The number of fused-ring (bicyclic) bond motifs is 1. The SMILES string of the molecule is O=C1Nc2ccccc2C1=Cc1ccc(OCc2cccc(F)c2)c(Br)c1. The van der Waals surface area contributed by atoms with Crippen LogP contribution in [0, 0.1) is 5.82 Å². The summed E-state index contributed by atoms with van der Waals surface area (Å²) >= 11 is 3.50. The van der Waals surface area contributed by atoms with Gasteiger partial charge in [-0.2, -0.15) is 0 Å². The standard InChI is InChI=1S/C22H15BrFNO2/c23-19-12-14(11-18-17-6-1-2-7-20(17)25-22(18)26)8-9-21(19)27-13-15-4-3-5-16(24)10-15/h1-12H,13H2,(H,25,26). The Morgan fingerprint density at radius 1 is 1.04 bits per heavy atom. The summed E-state index contributed by atoms with van der Waals surface area (Å²) in [5.74, 6) is 0.253. The van der Waals surface area contributed by atoms with Crippen molar-refractivity contribution in [2.45, 2.75) is 6.61 Å². The molecule has 0 atom stereocenters. The Morgan fingerprint density at radius 2 is 1.89 bits per heavy atom. The van der Waals surface area contributed by atoms with E-state index in [4.69, 9.17) is 4.74 Å².